The van der Waals surface area contributed by atoms with Crippen molar-refractivity contribution in [2.45, 2.75) is 44.9 Å². The second-order valence-corrected chi connectivity index (χ2v) is 7.05. The minimum Gasteiger partial charge on any atom is -0.487 e. The number of para-hydroxylation sites is 1. The number of carbonyl (C=O) groups is 1. The summed E-state index contributed by atoms with van der Waals surface area (Å²) in [5.41, 5.74) is 8.78. The molecule has 0 radical (unpaired) electrons. The maximum atomic E-state index is 12.6. The topological polar surface area (TPSA) is 64.4 Å². The summed E-state index contributed by atoms with van der Waals surface area (Å²) in [6, 6.07) is 14.8. The maximum Gasteiger partial charge on any atom is 0.242 e. The van der Waals surface area contributed by atoms with Crippen LogP contribution in [0.25, 0.3) is 0 Å². The highest BCUT2D eigenvalue weighted by Gasteiger charge is 2.35. The van der Waals surface area contributed by atoms with E-state index < -0.39 is 6.04 Å². The van der Waals surface area contributed by atoms with Crippen molar-refractivity contribution < 1.29 is 9.53 Å². The molecule has 2 atom stereocenters. The molecule has 24 heavy (non-hydrogen) atoms. The van der Waals surface area contributed by atoms with Gasteiger partial charge in [-0.15, -0.1) is 0 Å². The van der Waals surface area contributed by atoms with Crippen LogP contribution in [0.5, 0.6) is 5.75 Å². The van der Waals surface area contributed by atoms with Crippen molar-refractivity contribution in [3.05, 3.63) is 65.2 Å². The number of amides is 1. The van der Waals surface area contributed by atoms with E-state index in [0.717, 1.165) is 22.4 Å². The highest BCUT2D eigenvalue weighted by Crippen LogP contribution is 2.39. The van der Waals surface area contributed by atoms with E-state index in [1.165, 1.54) is 0 Å². The lowest BCUT2D eigenvalue weighted by atomic mass is 9.89. The van der Waals surface area contributed by atoms with Crippen LogP contribution in [0, 0.1) is 6.92 Å². The fraction of sp³-hybridized carbons (Fsp3) is 0.350. The third-order valence-corrected chi connectivity index (χ3v) is 4.41. The molecule has 1 aliphatic rings. The molecule has 126 valence electrons. The summed E-state index contributed by atoms with van der Waals surface area (Å²) < 4.78 is 6.01. The van der Waals surface area contributed by atoms with E-state index in [4.69, 9.17) is 10.5 Å². The number of nitrogens with two attached hydrogens (primary N) is 1. The van der Waals surface area contributed by atoms with E-state index in [2.05, 4.69) is 5.32 Å². The molecule has 1 amide bonds. The standard InChI is InChI=1S/C20H24N2O2/c1-13-8-10-14(11-9-13)18(21)19(23)22-16-12-20(2,3)24-17-7-5-4-6-15(16)17/h4-11,16,18H,12,21H2,1-3H3,(H,22,23). The number of nitrogens with one attached hydrogen (secondary N) is 1. The average molecular weight is 324 g/mol. The maximum absolute atomic E-state index is 12.6. The van der Waals surface area contributed by atoms with Gasteiger partial charge in [-0.3, -0.25) is 4.79 Å². The summed E-state index contributed by atoms with van der Waals surface area (Å²) in [5.74, 6) is 0.652. The van der Waals surface area contributed by atoms with E-state index in [9.17, 15) is 4.79 Å². The lowest BCUT2D eigenvalue weighted by Crippen LogP contribution is -2.43. The van der Waals surface area contributed by atoms with Gasteiger partial charge in [0.15, 0.2) is 0 Å². The van der Waals surface area contributed by atoms with E-state index in [1.807, 2.05) is 69.3 Å². The van der Waals surface area contributed by atoms with Crippen molar-refractivity contribution in [3.8, 4) is 5.75 Å². The number of rotatable bonds is 3. The molecule has 0 fully saturated rings. The Morgan fingerprint density at radius 3 is 2.58 bits per heavy atom. The van der Waals surface area contributed by atoms with Gasteiger partial charge in [0.05, 0.1) is 6.04 Å². The molecule has 3 rings (SSSR count). The zero-order chi connectivity index (χ0) is 17.3. The number of hydrogen-bond donors (Lipinski definition) is 2. The van der Waals surface area contributed by atoms with Crippen molar-refractivity contribution >= 4 is 5.91 Å². The summed E-state index contributed by atoms with van der Waals surface area (Å²) in [6.45, 7) is 6.07. The zero-order valence-electron chi connectivity index (χ0n) is 14.4. The predicted octanol–water partition coefficient (Wildman–Crippen LogP) is 3.41. The second-order valence-electron chi connectivity index (χ2n) is 7.05. The van der Waals surface area contributed by atoms with E-state index >= 15 is 0 Å². The Bertz CT molecular complexity index is 738. The largest absolute Gasteiger partial charge is 0.487 e. The predicted molar refractivity (Wildman–Crippen MR) is 94.8 cm³/mol. The van der Waals surface area contributed by atoms with Gasteiger partial charge in [0, 0.05) is 12.0 Å². The van der Waals surface area contributed by atoms with Gasteiger partial charge in [-0.05, 0) is 32.4 Å². The minimum atomic E-state index is -0.677. The molecule has 2 aromatic carbocycles. The molecule has 4 nitrogen and oxygen atoms in total. The van der Waals surface area contributed by atoms with E-state index in [0.29, 0.717) is 6.42 Å². The van der Waals surface area contributed by atoms with Gasteiger partial charge in [0.25, 0.3) is 0 Å². The van der Waals surface area contributed by atoms with Gasteiger partial charge in [0.1, 0.15) is 17.4 Å². The second kappa shape index (κ2) is 6.29. The molecule has 0 saturated heterocycles. The summed E-state index contributed by atoms with van der Waals surface area (Å²) in [7, 11) is 0. The normalized spacial score (nSPS) is 19.8. The smallest absolute Gasteiger partial charge is 0.242 e. The number of ether oxygens (including phenoxy) is 1. The van der Waals surface area contributed by atoms with E-state index in [1.54, 1.807) is 0 Å². The van der Waals surface area contributed by atoms with Gasteiger partial charge in [-0.2, -0.15) is 0 Å². The number of carbonyl (C=O) groups excluding carboxylic acids is 1. The third kappa shape index (κ3) is 3.44. The Morgan fingerprint density at radius 1 is 1.21 bits per heavy atom. The van der Waals surface area contributed by atoms with Crippen LogP contribution in [-0.2, 0) is 4.79 Å². The Kier molecular flexibility index (Phi) is 4.33. The van der Waals surface area contributed by atoms with Crippen LogP contribution >= 0.6 is 0 Å². The summed E-state index contributed by atoms with van der Waals surface area (Å²) in [5, 5.41) is 3.10. The quantitative estimate of drug-likeness (QED) is 0.909. The first-order chi connectivity index (χ1) is 11.4. The Labute approximate surface area is 143 Å². The average Bonchev–Trinajstić information content (AvgIpc) is 2.53. The summed E-state index contributed by atoms with van der Waals surface area (Å²) >= 11 is 0. The molecule has 0 bridgehead atoms. The lowest BCUT2D eigenvalue weighted by molar-refractivity contribution is -0.123. The van der Waals surface area contributed by atoms with Crippen LogP contribution < -0.4 is 15.8 Å². The SMILES string of the molecule is Cc1ccc(C(N)C(=O)NC2CC(C)(C)Oc3ccccc32)cc1. The van der Waals surface area contributed by atoms with Crippen molar-refractivity contribution in [3.63, 3.8) is 0 Å². The number of benzene rings is 2. The fourth-order valence-corrected chi connectivity index (χ4v) is 3.12. The highest BCUT2D eigenvalue weighted by molar-refractivity contribution is 5.83. The van der Waals surface area contributed by atoms with Gasteiger partial charge in [-0.25, -0.2) is 0 Å². The zero-order valence-corrected chi connectivity index (χ0v) is 14.4. The molecular weight excluding hydrogens is 300 g/mol. The van der Waals surface area contributed by atoms with Crippen molar-refractivity contribution in [1.29, 1.82) is 0 Å². The Morgan fingerprint density at radius 2 is 1.88 bits per heavy atom. The van der Waals surface area contributed by atoms with Gasteiger partial charge < -0.3 is 15.8 Å². The number of fused-ring (bicyclic) bond motifs is 1. The van der Waals surface area contributed by atoms with Crippen LogP contribution in [0.4, 0.5) is 0 Å². The first-order valence-electron chi connectivity index (χ1n) is 8.26. The van der Waals surface area contributed by atoms with Crippen molar-refractivity contribution in [2.24, 2.45) is 5.73 Å². The molecule has 4 heteroatoms. The minimum absolute atomic E-state index is 0.103. The number of hydrogen-bond acceptors (Lipinski definition) is 3. The van der Waals surface area contributed by atoms with Crippen LogP contribution in [0.3, 0.4) is 0 Å². The van der Waals surface area contributed by atoms with Gasteiger partial charge in [0.2, 0.25) is 5.91 Å². The molecule has 0 aromatic heterocycles. The van der Waals surface area contributed by atoms with Crippen LogP contribution in [0.15, 0.2) is 48.5 Å². The van der Waals surface area contributed by atoms with E-state index in [-0.39, 0.29) is 17.6 Å². The van der Waals surface area contributed by atoms with Crippen LogP contribution in [-0.4, -0.2) is 11.5 Å². The molecular formula is C20H24N2O2. The summed E-state index contributed by atoms with van der Waals surface area (Å²) in [4.78, 5) is 12.6. The molecule has 0 aliphatic carbocycles. The van der Waals surface area contributed by atoms with Gasteiger partial charge in [-0.1, -0.05) is 48.0 Å². The van der Waals surface area contributed by atoms with Crippen molar-refractivity contribution in [1.82, 2.24) is 5.32 Å². The molecule has 1 heterocycles. The molecule has 2 unspecified atom stereocenters. The Hall–Kier alpha value is -2.33. The van der Waals surface area contributed by atoms with Crippen LogP contribution in [0.1, 0.15) is 49.0 Å². The fourth-order valence-electron chi connectivity index (χ4n) is 3.12. The third-order valence-electron chi connectivity index (χ3n) is 4.41. The Balaban J connectivity index is 1.80. The highest BCUT2D eigenvalue weighted by atomic mass is 16.5. The molecule has 0 saturated carbocycles. The number of aryl methyl sites for hydroxylation is 1. The molecule has 2 aromatic rings. The first kappa shape index (κ1) is 16.5. The molecule has 1 aliphatic heterocycles. The van der Waals surface area contributed by atoms with Crippen LogP contribution in [0.2, 0.25) is 0 Å². The van der Waals surface area contributed by atoms with Crippen molar-refractivity contribution in [2.75, 3.05) is 0 Å². The molecule has 0 spiro atoms. The first-order valence-corrected chi connectivity index (χ1v) is 8.26. The molecule has 3 N–H and O–H groups in total. The monoisotopic (exact) mass is 324 g/mol. The lowest BCUT2D eigenvalue weighted by Gasteiger charge is -2.38. The summed E-state index contributed by atoms with van der Waals surface area (Å²) in [6.07, 6.45) is 0.705. The van der Waals surface area contributed by atoms with Gasteiger partial charge >= 0.3 is 0 Å².